The lowest BCUT2D eigenvalue weighted by atomic mass is 9.87. The molecule has 5 heteroatoms. The minimum Gasteiger partial charge on any atom is -0.358 e. The second kappa shape index (κ2) is 7.64. The Hall–Kier alpha value is -2.43. The number of nitrogens with two attached hydrogens (primary N) is 1. The maximum absolute atomic E-state index is 12.6. The van der Waals surface area contributed by atoms with Crippen molar-refractivity contribution in [3.63, 3.8) is 0 Å². The predicted octanol–water partition coefficient (Wildman–Crippen LogP) is 4.00. The summed E-state index contributed by atoms with van der Waals surface area (Å²) in [7, 11) is 0. The third-order valence-electron chi connectivity index (χ3n) is 4.32. The van der Waals surface area contributed by atoms with Gasteiger partial charge in [0.05, 0.1) is 6.04 Å². The van der Waals surface area contributed by atoms with Crippen LogP contribution in [0, 0.1) is 0 Å². The molecular formula is C20H20ClN3O. The normalized spacial score (nSPS) is 15.8. The van der Waals surface area contributed by atoms with Crippen LogP contribution in [0.25, 0.3) is 5.70 Å². The fourth-order valence-electron chi connectivity index (χ4n) is 3.03. The number of benzene rings is 1. The Labute approximate surface area is 152 Å². The van der Waals surface area contributed by atoms with Gasteiger partial charge in [-0.15, -0.1) is 0 Å². The highest BCUT2D eigenvalue weighted by molar-refractivity contribution is 6.31. The van der Waals surface area contributed by atoms with Crippen LogP contribution in [-0.2, 0) is 4.79 Å². The fourth-order valence-corrected chi connectivity index (χ4v) is 3.29. The predicted molar refractivity (Wildman–Crippen MR) is 101 cm³/mol. The van der Waals surface area contributed by atoms with Crippen LogP contribution in [0.4, 0.5) is 0 Å². The lowest BCUT2D eigenvalue weighted by Gasteiger charge is -2.26. The first-order valence-electron chi connectivity index (χ1n) is 8.20. The number of rotatable bonds is 5. The molecule has 0 bridgehead atoms. The van der Waals surface area contributed by atoms with E-state index in [2.05, 4.69) is 16.9 Å². The molecule has 0 fully saturated rings. The molecule has 1 aliphatic rings. The van der Waals surface area contributed by atoms with Gasteiger partial charge in [-0.1, -0.05) is 36.4 Å². The van der Waals surface area contributed by atoms with Crippen molar-refractivity contribution in [2.45, 2.75) is 25.3 Å². The summed E-state index contributed by atoms with van der Waals surface area (Å²) in [6.45, 7) is 4.06. The number of hydrogen-bond acceptors (Lipinski definition) is 4. The molecule has 4 nitrogen and oxygen atoms in total. The molecule has 0 saturated carbocycles. The second-order valence-electron chi connectivity index (χ2n) is 6.01. The zero-order valence-corrected chi connectivity index (χ0v) is 14.6. The molecule has 3 rings (SSSR count). The summed E-state index contributed by atoms with van der Waals surface area (Å²) in [6.07, 6.45) is 5.48. The molecule has 1 aromatic carbocycles. The number of ketones is 1. The van der Waals surface area contributed by atoms with Crippen LogP contribution in [0.5, 0.6) is 0 Å². The van der Waals surface area contributed by atoms with E-state index in [0.717, 1.165) is 29.7 Å². The molecule has 3 N–H and O–H groups in total. The molecule has 1 unspecified atom stereocenters. The van der Waals surface area contributed by atoms with Gasteiger partial charge < -0.3 is 11.1 Å². The molecule has 0 radical (unpaired) electrons. The van der Waals surface area contributed by atoms with E-state index in [1.165, 1.54) is 0 Å². The Morgan fingerprint density at radius 2 is 2.04 bits per heavy atom. The van der Waals surface area contributed by atoms with Gasteiger partial charge >= 0.3 is 0 Å². The summed E-state index contributed by atoms with van der Waals surface area (Å²) in [4.78, 5) is 16.7. The Bertz CT molecular complexity index is 830. The third kappa shape index (κ3) is 3.81. The molecule has 1 atom stereocenters. The maximum Gasteiger partial charge on any atom is 0.162 e. The number of carbonyl (C=O) groups is 1. The number of nitrogens with one attached hydrogen (secondary N) is 1. The Kier molecular flexibility index (Phi) is 5.31. The summed E-state index contributed by atoms with van der Waals surface area (Å²) in [5, 5.41) is 3.85. The average molecular weight is 354 g/mol. The van der Waals surface area contributed by atoms with Crippen LogP contribution in [0.15, 0.2) is 66.6 Å². The Morgan fingerprint density at radius 1 is 1.24 bits per heavy atom. The Morgan fingerprint density at radius 3 is 2.76 bits per heavy atom. The maximum atomic E-state index is 12.6. The van der Waals surface area contributed by atoms with Crippen molar-refractivity contribution in [3.8, 4) is 0 Å². The number of aromatic nitrogens is 1. The van der Waals surface area contributed by atoms with E-state index in [9.17, 15) is 4.79 Å². The summed E-state index contributed by atoms with van der Waals surface area (Å²) in [5.74, 6) is 0.0557. The number of hydrogen-bond donors (Lipinski definition) is 2. The van der Waals surface area contributed by atoms with Gasteiger partial charge in [-0.25, -0.2) is 0 Å². The van der Waals surface area contributed by atoms with E-state index in [1.807, 2.05) is 30.3 Å². The molecule has 2 aromatic rings. The van der Waals surface area contributed by atoms with Crippen LogP contribution < -0.4 is 11.1 Å². The number of Topliss-reactive ketones (excluding diaryl/α,β-unsaturated/α-hetero) is 1. The summed E-state index contributed by atoms with van der Waals surface area (Å²) in [5.41, 5.74) is 10.1. The summed E-state index contributed by atoms with van der Waals surface area (Å²) < 4.78 is 0. The molecule has 25 heavy (non-hydrogen) atoms. The molecule has 0 saturated heterocycles. The SMILES string of the molecule is C=C(NC1=C(C(N)c2ccccc2Cl)C(=O)CCC1)c1cccnc1. The largest absolute Gasteiger partial charge is 0.358 e. The highest BCUT2D eigenvalue weighted by Gasteiger charge is 2.28. The van der Waals surface area contributed by atoms with Crippen molar-refractivity contribution >= 4 is 23.1 Å². The third-order valence-corrected chi connectivity index (χ3v) is 4.66. The topological polar surface area (TPSA) is 68.0 Å². The molecule has 128 valence electrons. The van der Waals surface area contributed by atoms with Crippen LogP contribution in [0.2, 0.25) is 5.02 Å². The van der Waals surface area contributed by atoms with E-state index in [4.69, 9.17) is 17.3 Å². The molecule has 0 spiro atoms. The molecule has 1 aromatic heterocycles. The van der Waals surface area contributed by atoms with Gasteiger partial charge in [0.25, 0.3) is 0 Å². The lowest BCUT2D eigenvalue weighted by Crippen LogP contribution is -2.28. The summed E-state index contributed by atoms with van der Waals surface area (Å²) >= 11 is 6.28. The second-order valence-corrected chi connectivity index (χ2v) is 6.42. The quantitative estimate of drug-likeness (QED) is 0.852. The standard InChI is InChI=1S/C20H20ClN3O/c1-13(14-6-5-11-23-12-14)24-17-9-4-10-18(25)19(17)20(22)15-7-2-3-8-16(15)21/h2-3,5-8,11-12,20,24H,1,4,9-10,22H2. The van der Waals surface area contributed by atoms with Gasteiger partial charge in [0.15, 0.2) is 5.78 Å². The van der Waals surface area contributed by atoms with E-state index in [1.54, 1.807) is 18.5 Å². The first-order chi connectivity index (χ1) is 12.1. The zero-order chi connectivity index (χ0) is 17.8. The number of nitrogens with zero attached hydrogens (tertiary/aromatic N) is 1. The van der Waals surface area contributed by atoms with Crippen molar-refractivity contribution in [1.82, 2.24) is 10.3 Å². The first kappa shape index (κ1) is 17.4. The van der Waals surface area contributed by atoms with Crippen molar-refractivity contribution in [3.05, 3.63) is 82.8 Å². The number of allylic oxidation sites excluding steroid dienone is 1. The number of halogens is 1. The van der Waals surface area contributed by atoms with Crippen molar-refractivity contribution in [1.29, 1.82) is 0 Å². The first-order valence-corrected chi connectivity index (χ1v) is 8.58. The van der Waals surface area contributed by atoms with Gasteiger partial charge in [0.2, 0.25) is 0 Å². The minimum absolute atomic E-state index is 0.0557. The van der Waals surface area contributed by atoms with Gasteiger partial charge in [-0.3, -0.25) is 9.78 Å². The molecule has 1 aliphatic carbocycles. The van der Waals surface area contributed by atoms with Crippen LogP contribution in [-0.4, -0.2) is 10.8 Å². The van der Waals surface area contributed by atoms with Gasteiger partial charge in [0.1, 0.15) is 0 Å². The van der Waals surface area contributed by atoms with Crippen molar-refractivity contribution < 1.29 is 4.79 Å². The van der Waals surface area contributed by atoms with Gasteiger partial charge in [0, 0.05) is 46.4 Å². The smallest absolute Gasteiger partial charge is 0.162 e. The van der Waals surface area contributed by atoms with E-state index in [0.29, 0.717) is 22.7 Å². The van der Waals surface area contributed by atoms with Crippen LogP contribution >= 0.6 is 11.6 Å². The molecule has 1 heterocycles. The molecule has 0 amide bonds. The number of pyridine rings is 1. The highest BCUT2D eigenvalue weighted by Crippen LogP contribution is 2.33. The zero-order valence-electron chi connectivity index (χ0n) is 13.8. The lowest BCUT2D eigenvalue weighted by molar-refractivity contribution is -0.116. The van der Waals surface area contributed by atoms with Gasteiger partial charge in [-0.05, 0) is 36.6 Å². The highest BCUT2D eigenvalue weighted by atomic mass is 35.5. The molecule has 0 aliphatic heterocycles. The van der Waals surface area contributed by atoms with E-state index >= 15 is 0 Å². The van der Waals surface area contributed by atoms with Crippen LogP contribution in [0.1, 0.15) is 36.4 Å². The van der Waals surface area contributed by atoms with Crippen molar-refractivity contribution in [2.24, 2.45) is 5.73 Å². The van der Waals surface area contributed by atoms with Crippen molar-refractivity contribution in [2.75, 3.05) is 0 Å². The fraction of sp³-hybridized carbons (Fsp3) is 0.200. The Balaban J connectivity index is 1.95. The van der Waals surface area contributed by atoms with E-state index in [-0.39, 0.29) is 5.78 Å². The number of carbonyl (C=O) groups excluding carboxylic acids is 1. The monoisotopic (exact) mass is 353 g/mol. The van der Waals surface area contributed by atoms with Crippen LogP contribution in [0.3, 0.4) is 0 Å². The molecular weight excluding hydrogens is 334 g/mol. The minimum atomic E-state index is -0.564. The summed E-state index contributed by atoms with van der Waals surface area (Å²) in [6, 6.07) is 10.6. The van der Waals surface area contributed by atoms with Gasteiger partial charge in [-0.2, -0.15) is 0 Å². The van der Waals surface area contributed by atoms with E-state index < -0.39 is 6.04 Å². The average Bonchev–Trinajstić information content (AvgIpc) is 2.62.